The highest BCUT2D eigenvalue weighted by Crippen LogP contribution is 2.42. The predicted molar refractivity (Wildman–Crippen MR) is 78.9 cm³/mol. The molecule has 21 heavy (non-hydrogen) atoms. The first-order valence-electron chi connectivity index (χ1n) is 7.25. The van der Waals surface area contributed by atoms with Gasteiger partial charge in [0, 0.05) is 37.3 Å². The Hall–Kier alpha value is -1.78. The van der Waals surface area contributed by atoms with Crippen LogP contribution in [-0.4, -0.2) is 42.8 Å². The van der Waals surface area contributed by atoms with Gasteiger partial charge in [0.2, 0.25) is 0 Å². The van der Waals surface area contributed by atoms with E-state index in [9.17, 15) is 9.18 Å². The van der Waals surface area contributed by atoms with Crippen LogP contribution in [0, 0.1) is 11.2 Å². The number of nitrogens with zero attached hydrogens (tertiary/aromatic N) is 2. The number of hydrogen-bond donors (Lipinski definition) is 0. The van der Waals surface area contributed by atoms with Crippen molar-refractivity contribution in [2.45, 2.75) is 26.4 Å². The maximum Gasteiger partial charge on any atom is 0.410 e. The molecule has 1 aromatic rings. The van der Waals surface area contributed by atoms with Crippen LogP contribution in [0.4, 0.5) is 14.9 Å². The molecule has 5 heteroatoms. The number of carbonyl (C=O) groups is 1. The van der Waals surface area contributed by atoms with Crippen molar-refractivity contribution in [3.05, 3.63) is 30.1 Å². The van der Waals surface area contributed by atoms with Gasteiger partial charge < -0.3 is 14.5 Å². The van der Waals surface area contributed by atoms with Crippen LogP contribution in [0.15, 0.2) is 24.3 Å². The monoisotopic (exact) mass is 292 g/mol. The SMILES string of the molecule is CC(C)(C)OC(=O)N1CC2(C1)CN(c1ccc(F)cc1)C2. The molecule has 1 amide bonds. The molecule has 0 atom stereocenters. The fourth-order valence-corrected chi connectivity index (χ4v) is 3.02. The van der Waals surface area contributed by atoms with Gasteiger partial charge in [-0.15, -0.1) is 0 Å². The van der Waals surface area contributed by atoms with Crippen molar-refractivity contribution < 1.29 is 13.9 Å². The Labute approximate surface area is 124 Å². The second-order valence-electron chi connectivity index (χ2n) is 7.17. The van der Waals surface area contributed by atoms with Crippen LogP contribution in [0.1, 0.15) is 20.8 Å². The summed E-state index contributed by atoms with van der Waals surface area (Å²) in [5.74, 6) is -0.214. The van der Waals surface area contributed by atoms with Gasteiger partial charge in [-0.05, 0) is 45.0 Å². The minimum absolute atomic E-state index is 0.200. The number of hydrogen-bond acceptors (Lipinski definition) is 3. The number of rotatable bonds is 1. The molecule has 4 nitrogen and oxygen atoms in total. The summed E-state index contributed by atoms with van der Waals surface area (Å²) < 4.78 is 18.3. The molecule has 1 spiro atoms. The molecule has 0 saturated carbocycles. The summed E-state index contributed by atoms with van der Waals surface area (Å²) in [5.41, 5.74) is 0.794. The molecule has 3 rings (SSSR count). The zero-order valence-electron chi connectivity index (χ0n) is 12.7. The van der Waals surface area contributed by atoms with E-state index in [4.69, 9.17) is 4.74 Å². The summed E-state index contributed by atoms with van der Waals surface area (Å²) in [6.07, 6.45) is -0.228. The first-order chi connectivity index (χ1) is 9.76. The molecule has 0 aliphatic carbocycles. The average Bonchev–Trinajstić information content (AvgIpc) is 2.25. The Kier molecular flexibility index (Phi) is 3.11. The molecule has 0 bridgehead atoms. The topological polar surface area (TPSA) is 32.8 Å². The number of ether oxygens (including phenoxy) is 1. The lowest BCUT2D eigenvalue weighted by molar-refractivity contribution is -0.0453. The Bertz CT molecular complexity index is 536. The lowest BCUT2D eigenvalue weighted by atomic mass is 9.73. The highest BCUT2D eigenvalue weighted by molar-refractivity contribution is 5.70. The van der Waals surface area contributed by atoms with Gasteiger partial charge in [0.15, 0.2) is 0 Å². The van der Waals surface area contributed by atoms with Gasteiger partial charge in [0.1, 0.15) is 11.4 Å². The molecular weight excluding hydrogens is 271 g/mol. The highest BCUT2D eigenvalue weighted by Gasteiger charge is 2.54. The first-order valence-corrected chi connectivity index (χ1v) is 7.25. The van der Waals surface area contributed by atoms with Crippen LogP contribution in [0.3, 0.4) is 0 Å². The molecule has 0 aromatic heterocycles. The predicted octanol–water partition coefficient (Wildman–Crippen LogP) is 2.88. The minimum atomic E-state index is -0.445. The summed E-state index contributed by atoms with van der Waals surface area (Å²) in [6, 6.07) is 6.56. The van der Waals surface area contributed by atoms with Crippen molar-refractivity contribution in [3.8, 4) is 0 Å². The first kappa shape index (κ1) is 14.2. The van der Waals surface area contributed by atoms with Crippen LogP contribution in [0.2, 0.25) is 0 Å². The third-order valence-electron chi connectivity index (χ3n) is 3.95. The van der Waals surface area contributed by atoms with E-state index >= 15 is 0 Å². The molecule has 2 heterocycles. The average molecular weight is 292 g/mol. The minimum Gasteiger partial charge on any atom is -0.444 e. The second kappa shape index (κ2) is 4.61. The van der Waals surface area contributed by atoms with Crippen molar-refractivity contribution in [1.82, 2.24) is 4.90 Å². The number of benzene rings is 1. The molecule has 2 aliphatic heterocycles. The van der Waals surface area contributed by atoms with Crippen molar-refractivity contribution in [1.29, 1.82) is 0 Å². The van der Waals surface area contributed by atoms with E-state index in [1.54, 1.807) is 17.0 Å². The van der Waals surface area contributed by atoms with Gasteiger partial charge in [-0.25, -0.2) is 9.18 Å². The van der Waals surface area contributed by atoms with E-state index in [0.29, 0.717) is 0 Å². The maximum absolute atomic E-state index is 12.9. The van der Waals surface area contributed by atoms with Crippen molar-refractivity contribution in [2.24, 2.45) is 5.41 Å². The van der Waals surface area contributed by atoms with Crippen LogP contribution < -0.4 is 4.90 Å². The van der Waals surface area contributed by atoms with E-state index in [0.717, 1.165) is 31.9 Å². The van der Waals surface area contributed by atoms with E-state index in [1.165, 1.54) is 12.1 Å². The Morgan fingerprint density at radius 1 is 1.14 bits per heavy atom. The van der Waals surface area contributed by atoms with Gasteiger partial charge in [-0.2, -0.15) is 0 Å². The van der Waals surface area contributed by atoms with Crippen LogP contribution in [0.25, 0.3) is 0 Å². The van der Waals surface area contributed by atoms with Crippen LogP contribution >= 0.6 is 0 Å². The summed E-state index contributed by atoms with van der Waals surface area (Å²) in [6.45, 7) is 8.95. The zero-order valence-corrected chi connectivity index (χ0v) is 12.7. The molecule has 0 radical (unpaired) electrons. The summed E-state index contributed by atoms with van der Waals surface area (Å²) in [5, 5.41) is 0. The van der Waals surface area contributed by atoms with E-state index in [1.807, 2.05) is 20.8 Å². The van der Waals surface area contributed by atoms with Gasteiger partial charge in [-0.3, -0.25) is 0 Å². The summed E-state index contributed by atoms with van der Waals surface area (Å²) >= 11 is 0. The van der Waals surface area contributed by atoms with E-state index < -0.39 is 5.60 Å². The van der Waals surface area contributed by atoms with Gasteiger partial charge in [0.25, 0.3) is 0 Å². The van der Waals surface area contributed by atoms with Crippen molar-refractivity contribution in [2.75, 3.05) is 31.1 Å². The van der Waals surface area contributed by atoms with Gasteiger partial charge >= 0.3 is 6.09 Å². The van der Waals surface area contributed by atoms with E-state index in [2.05, 4.69) is 4.90 Å². The lowest BCUT2D eigenvalue weighted by Crippen LogP contribution is -2.73. The third-order valence-corrected chi connectivity index (χ3v) is 3.95. The molecular formula is C16H21FN2O2. The molecule has 0 unspecified atom stereocenters. The second-order valence-corrected chi connectivity index (χ2v) is 7.17. The largest absolute Gasteiger partial charge is 0.444 e. The molecule has 2 aliphatic rings. The Balaban J connectivity index is 1.50. The number of anilines is 1. The number of carbonyl (C=O) groups excluding carboxylic acids is 1. The number of amides is 1. The number of halogens is 1. The van der Waals surface area contributed by atoms with Crippen LogP contribution in [0.5, 0.6) is 0 Å². The van der Waals surface area contributed by atoms with E-state index in [-0.39, 0.29) is 17.3 Å². The van der Waals surface area contributed by atoms with Crippen molar-refractivity contribution in [3.63, 3.8) is 0 Å². The zero-order chi connectivity index (χ0) is 15.3. The quantitative estimate of drug-likeness (QED) is 0.798. The maximum atomic E-state index is 12.9. The molecule has 114 valence electrons. The summed E-state index contributed by atoms with van der Waals surface area (Å²) in [7, 11) is 0. The molecule has 2 fully saturated rings. The standard InChI is InChI=1S/C16H21FN2O2/c1-15(2,3)21-14(20)19-10-16(11-19)8-18(9-16)13-6-4-12(17)5-7-13/h4-7H,8-11H2,1-3H3. The van der Waals surface area contributed by atoms with Gasteiger partial charge in [-0.1, -0.05) is 0 Å². The normalized spacial score (nSPS) is 20.0. The molecule has 0 N–H and O–H groups in total. The summed E-state index contributed by atoms with van der Waals surface area (Å²) in [4.78, 5) is 15.9. The molecule has 2 saturated heterocycles. The lowest BCUT2D eigenvalue weighted by Gasteiger charge is -2.60. The van der Waals surface area contributed by atoms with Crippen LogP contribution in [-0.2, 0) is 4.74 Å². The molecule has 1 aromatic carbocycles. The third kappa shape index (κ3) is 2.82. The fourth-order valence-electron chi connectivity index (χ4n) is 3.02. The fraction of sp³-hybridized carbons (Fsp3) is 0.562. The Morgan fingerprint density at radius 3 is 2.24 bits per heavy atom. The highest BCUT2D eigenvalue weighted by atomic mass is 19.1. The van der Waals surface area contributed by atoms with Crippen molar-refractivity contribution >= 4 is 11.8 Å². The number of likely N-dealkylation sites (tertiary alicyclic amines) is 1. The smallest absolute Gasteiger partial charge is 0.410 e. The Morgan fingerprint density at radius 2 is 1.71 bits per heavy atom. The van der Waals surface area contributed by atoms with Gasteiger partial charge in [0.05, 0.1) is 0 Å².